The van der Waals surface area contributed by atoms with Crippen molar-refractivity contribution in [3.63, 3.8) is 0 Å². The first-order valence-corrected chi connectivity index (χ1v) is 5.24. The quantitative estimate of drug-likeness (QED) is 0.638. The van der Waals surface area contributed by atoms with Gasteiger partial charge in [0.05, 0.1) is 11.6 Å². The zero-order chi connectivity index (χ0) is 10.6. The van der Waals surface area contributed by atoms with Gasteiger partial charge in [-0.3, -0.25) is 0 Å². The molecule has 1 unspecified atom stereocenters. The highest BCUT2D eigenvalue weighted by Crippen LogP contribution is 2.28. The second kappa shape index (κ2) is 5.44. The van der Waals surface area contributed by atoms with Crippen LogP contribution in [0.3, 0.4) is 0 Å². The molecule has 78 valence electrons. The zero-order valence-electron chi connectivity index (χ0n) is 8.18. The summed E-state index contributed by atoms with van der Waals surface area (Å²) >= 11 is 12.0. The Morgan fingerprint density at radius 3 is 2.71 bits per heavy atom. The molecule has 1 atom stereocenters. The zero-order valence-corrected chi connectivity index (χ0v) is 9.69. The van der Waals surface area contributed by atoms with Crippen LogP contribution < -0.4 is 10.1 Å². The van der Waals surface area contributed by atoms with Crippen molar-refractivity contribution in [2.24, 2.45) is 0 Å². The maximum absolute atomic E-state index is 6.00. The Bertz CT molecular complexity index is 304. The second-order valence-corrected chi connectivity index (χ2v) is 3.62. The van der Waals surface area contributed by atoms with Crippen molar-refractivity contribution in [1.29, 1.82) is 0 Å². The van der Waals surface area contributed by atoms with Crippen LogP contribution in [0.15, 0.2) is 18.2 Å². The third-order valence-electron chi connectivity index (χ3n) is 1.80. The van der Waals surface area contributed by atoms with Gasteiger partial charge in [-0.2, -0.15) is 0 Å². The maximum Gasteiger partial charge on any atom is 0.137 e. The normalized spacial score (nSPS) is 12.6. The number of ether oxygens (including phenoxy) is 1. The number of alkyl halides is 1. The van der Waals surface area contributed by atoms with E-state index in [1.807, 2.05) is 19.1 Å². The standard InChI is InChI=1S/C10H13Cl2NO/c1-3-14-9-5-4-7(6-8(9)11)10(12)13-2/h4-6,10,13H,3H2,1-2H3. The first kappa shape index (κ1) is 11.6. The molecule has 0 spiro atoms. The van der Waals surface area contributed by atoms with Crippen molar-refractivity contribution >= 4 is 23.2 Å². The van der Waals surface area contributed by atoms with Crippen molar-refractivity contribution in [3.05, 3.63) is 28.8 Å². The average Bonchev–Trinajstić information content (AvgIpc) is 2.20. The van der Waals surface area contributed by atoms with E-state index in [4.69, 9.17) is 27.9 Å². The van der Waals surface area contributed by atoms with Gasteiger partial charge in [0.1, 0.15) is 11.3 Å². The van der Waals surface area contributed by atoms with E-state index in [1.165, 1.54) is 0 Å². The molecule has 1 aromatic carbocycles. The summed E-state index contributed by atoms with van der Waals surface area (Å²) in [6.45, 7) is 2.53. The van der Waals surface area contributed by atoms with Crippen molar-refractivity contribution in [1.82, 2.24) is 5.32 Å². The fourth-order valence-electron chi connectivity index (χ4n) is 1.11. The lowest BCUT2D eigenvalue weighted by Crippen LogP contribution is -2.09. The summed E-state index contributed by atoms with van der Waals surface area (Å²) in [4.78, 5) is 0. The van der Waals surface area contributed by atoms with Crippen LogP contribution in [0.5, 0.6) is 5.75 Å². The highest BCUT2D eigenvalue weighted by Gasteiger charge is 2.08. The topological polar surface area (TPSA) is 21.3 Å². The highest BCUT2D eigenvalue weighted by atomic mass is 35.5. The Morgan fingerprint density at radius 1 is 1.50 bits per heavy atom. The Kier molecular flexibility index (Phi) is 4.52. The van der Waals surface area contributed by atoms with Crippen LogP contribution in [-0.2, 0) is 0 Å². The Labute approximate surface area is 94.2 Å². The van der Waals surface area contributed by atoms with E-state index in [0.717, 1.165) is 5.56 Å². The molecular formula is C10H13Cl2NO. The smallest absolute Gasteiger partial charge is 0.137 e. The minimum atomic E-state index is -0.219. The molecule has 1 rings (SSSR count). The SMILES string of the molecule is CCOc1ccc(C(Cl)NC)cc1Cl. The monoisotopic (exact) mass is 233 g/mol. The largest absolute Gasteiger partial charge is 0.492 e. The van der Waals surface area contributed by atoms with Crippen LogP contribution >= 0.6 is 23.2 Å². The van der Waals surface area contributed by atoms with Gasteiger partial charge < -0.3 is 10.1 Å². The average molecular weight is 234 g/mol. The molecule has 2 nitrogen and oxygen atoms in total. The van der Waals surface area contributed by atoms with E-state index in [2.05, 4.69) is 5.32 Å². The molecule has 0 heterocycles. The summed E-state index contributed by atoms with van der Waals surface area (Å²) in [5.41, 5.74) is 0.714. The molecule has 0 saturated heterocycles. The van der Waals surface area contributed by atoms with E-state index < -0.39 is 0 Å². The Hall–Kier alpha value is -0.440. The lowest BCUT2D eigenvalue weighted by atomic mass is 10.2. The number of hydrogen-bond acceptors (Lipinski definition) is 2. The van der Waals surface area contributed by atoms with Gasteiger partial charge in [-0.1, -0.05) is 17.7 Å². The van der Waals surface area contributed by atoms with Crippen LogP contribution in [0.4, 0.5) is 0 Å². The van der Waals surface area contributed by atoms with Crippen LogP contribution in [0.25, 0.3) is 0 Å². The molecule has 0 bridgehead atoms. The second-order valence-electron chi connectivity index (χ2n) is 2.77. The molecule has 0 aliphatic heterocycles. The first-order chi connectivity index (χ1) is 6.69. The molecule has 1 aromatic rings. The van der Waals surface area contributed by atoms with Crippen LogP contribution in [0.2, 0.25) is 5.02 Å². The van der Waals surface area contributed by atoms with E-state index in [-0.39, 0.29) is 5.50 Å². The van der Waals surface area contributed by atoms with Gasteiger partial charge in [0.15, 0.2) is 0 Å². The van der Waals surface area contributed by atoms with Gasteiger partial charge in [-0.05, 0) is 31.7 Å². The van der Waals surface area contributed by atoms with E-state index in [1.54, 1.807) is 13.1 Å². The van der Waals surface area contributed by atoms with E-state index in [9.17, 15) is 0 Å². The molecule has 0 aliphatic rings. The summed E-state index contributed by atoms with van der Waals surface area (Å²) in [6, 6.07) is 5.53. The lowest BCUT2D eigenvalue weighted by Gasteiger charge is -2.11. The lowest BCUT2D eigenvalue weighted by molar-refractivity contribution is 0.340. The third kappa shape index (κ3) is 2.77. The highest BCUT2D eigenvalue weighted by molar-refractivity contribution is 6.32. The van der Waals surface area contributed by atoms with E-state index >= 15 is 0 Å². The molecule has 0 saturated carbocycles. The minimum absolute atomic E-state index is 0.219. The van der Waals surface area contributed by atoms with Crippen molar-refractivity contribution in [2.45, 2.75) is 12.4 Å². The summed E-state index contributed by atoms with van der Waals surface area (Å²) in [5, 5.41) is 3.51. The Balaban J connectivity index is 2.88. The van der Waals surface area contributed by atoms with E-state index in [0.29, 0.717) is 17.4 Å². The predicted molar refractivity (Wildman–Crippen MR) is 60.3 cm³/mol. The molecule has 0 radical (unpaired) electrons. The van der Waals surface area contributed by atoms with Crippen LogP contribution in [0.1, 0.15) is 18.0 Å². The third-order valence-corrected chi connectivity index (χ3v) is 2.57. The molecule has 0 fully saturated rings. The number of halogens is 2. The number of nitrogens with one attached hydrogen (secondary N) is 1. The molecule has 0 amide bonds. The minimum Gasteiger partial charge on any atom is -0.492 e. The molecule has 1 N–H and O–H groups in total. The number of rotatable bonds is 4. The van der Waals surface area contributed by atoms with Gasteiger partial charge in [-0.15, -0.1) is 11.6 Å². The van der Waals surface area contributed by atoms with Crippen molar-refractivity contribution in [2.75, 3.05) is 13.7 Å². The summed E-state index contributed by atoms with van der Waals surface area (Å²) in [6.07, 6.45) is 0. The van der Waals surface area contributed by atoms with Gasteiger partial charge in [0.2, 0.25) is 0 Å². The molecule has 14 heavy (non-hydrogen) atoms. The van der Waals surface area contributed by atoms with Gasteiger partial charge in [0, 0.05) is 0 Å². The molecule has 4 heteroatoms. The molecule has 0 aromatic heterocycles. The number of benzene rings is 1. The van der Waals surface area contributed by atoms with Gasteiger partial charge >= 0.3 is 0 Å². The maximum atomic E-state index is 6.00. The summed E-state index contributed by atoms with van der Waals surface area (Å²) in [5.74, 6) is 0.692. The van der Waals surface area contributed by atoms with Gasteiger partial charge in [-0.25, -0.2) is 0 Å². The van der Waals surface area contributed by atoms with Crippen molar-refractivity contribution in [3.8, 4) is 5.75 Å². The fraction of sp³-hybridized carbons (Fsp3) is 0.400. The van der Waals surface area contributed by atoms with Crippen molar-refractivity contribution < 1.29 is 4.74 Å². The predicted octanol–water partition coefficient (Wildman–Crippen LogP) is 3.20. The summed E-state index contributed by atoms with van der Waals surface area (Å²) < 4.78 is 5.31. The summed E-state index contributed by atoms with van der Waals surface area (Å²) in [7, 11) is 1.79. The van der Waals surface area contributed by atoms with Gasteiger partial charge in [0.25, 0.3) is 0 Å². The van der Waals surface area contributed by atoms with Crippen LogP contribution in [0, 0.1) is 0 Å². The number of hydrogen-bond donors (Lipinski definition) is 1. The molecular weight excluding hydrogens is 221 g/mol. The van der Waals surface area contributed by atoms with Crippen LogP contribution in [-0.4, -0.2) is 13.7 Å². The Morgan fingerprint density at radius 2 is 2.21 bits per heavy atom. The molecule has 0 aliphatic carbocycles. The first-order valence-electron chi connectivity index (χ1n) is 4.42. The fourth-order valence-corrected chi connectivity index (χ4v) is 1.49.